The number of anilines is 1. The van der Waals surface area contributed by atoms with Crippen LogP contribution in [0.5, 0.6) is 0 Å². The van der Waals surface area contributed by atoms with Crippen LogP contribution in [0.2, 0.25) is 0 Å². The Labute approximate surface area is 128 Å². The molecule has 0 fully saturated rings. The fraction of sp³-hybridized carbons (Fsp3) is 0.312. The Morgan fingerprint density at radius 2 is 2.10 bits per heavy atom. The number of thiazole rings is 1. The van der Waals surface area contributed by atoms with Gasteiger partial charge in [-0.1, -0.05) is 26.0 Å². The van der Waals surface area contributed by atoms with Crippen molar-refractivity contribution in [1.82, 2.24) is 4.98 Å². The Morgan fingerprint density at radius 1 is 1.38 bits per heavy atom. The molecule has 1 heterocycles. The molecule has 0 saturated carbocycles. The van der Waals surface area contributed by atoms with Crippen molar-refractivity contribution in [2.45, 2.75) is 26.7 Å². The zero-order valence-corrected chi connectivity index (χ0v) is 12.9. The second kappa shape index (κ2) is 7.00. The van der Waals surface area contributed by atoms with Gasteiger partial charge in [-0.25, -0.2) is 4.98 Å². The van der Waals surface area contributed by atoms with Crippen molar-refractivity contribution in [2.24, 2.45) is 5.92 Å². The average Bonchev–Trinajstić information content (AvgIpc) is 2.87. The average molecular weight is 299 g/mol. The van der Waals surface area contributed by atoms with Crippen LogP contribution in [-0.4, -0.2) is 10.9 Å². The highest BCUT2D eigenvalue weighted by atomic mass is 32.1. The first kappa shape index (κ1) is 15.2. The van der Waals surface area contributed by atoms with E-state index >= 15 is 0 Å². The predicted octanol–water partition coefficient (Wildman–Crippen LogP) is 3.86. The van der Waals surface area contributed by atoms with Crippen LogP contribution in [0.3, 0.4) is 0 Å². The molecule has 2 aromatic rings. The van der Waals surface area contributed by atoms with E-state index in [1.807, 2.05) is 43.5 Å². The summed E-state index contributed by atoms with van der Waals surface area (Å²) in [6, 6.07) is 9.69. The summed E-state index contributed by atoms with van der Waals surface area (Å²) in [5.74, 6) is 0.376. The fourth-order valence-corrected chi connectivity index (χ4v) is 2.63. The van der Waals surface area contributed by atoms with Gasteiger partial charge in [0, 0.05) is 23.1 Å². The SMILES string of the molecule is CC(C)CC(=O)Nc1ccc(-c2csc(CC#N)n2)cc1. The van der Waals surface area contributed by atoms with E-state index in [2.05, 4.69) is 16.4 Å². The lowest BCUT2D eigenvalue weighted by molar-refractivity contribution is -0.116. The molecule has 0 spiro atoms. The molecule has 21 heavy (non-hydrogen) atoms. The summed E-state index contributed by atoms with van der Waals surface area (Å²) in [5.41, 5.74) is 2.64. The molecule has 0 aliphatic rings. The summed E-state index contributed by atoms with van der Waals surface area (Å²) in [7, 11) is 0. The highest BCUT2D eigenvalue weighted by molar-refractivity contribution is 7.10. The van der Waals surface area contributed by atoms with Gasteiger partial charge >= 0.3 is 0 Å². The van der Waals surface area contributed by atoms with E-state index in [1.54, 1.807) is 0 Å². The molecule has 2 rings (SSSR count). The van der Waals surface area contributed by atoms with E-state index in [1.165, 1.54) is 11.3 Å². The van der Waals surface area contributed by atoms with Crippen LogP contribution in [0.25, 0.3) is 11.3 Å². The van der Waals surface area contributed by atoms with Gasteiger partial charge in [0.25, 0.3) is 0 Å². The molecule has 1 aromatic carbocycles. The molecule has 0 radical (unpaired) electrons. The number of amides is 1. The second-order valence-corrected chi connectivity index (χ2v) is 6.13. The summed E-state index contributed by atoms with van der Waals surface area (Å²) < 4.78 is 0. The van der Waals surface area contributed by atoms with E-state index in [0.717, 1.165) is 22.0 Å². The first-order chi connectivity index (χ1) is 10.1. The number of rotatable bonds is 5. The first-order valence-electron chi connectivity index (χ1n) is 6.80. The third-order valence-electron chi connectivity index (χ3n) is 2.84. The van der Waals surface area contributed by atoms with Crippen molar-refractivity contribution >= 4 is 22.9 Å². The molecular weight excluding hydrogens is 282 g/mol. The number of hydrogen-bond acceptors (Lipinski definition) is 4. The normalized spacial score (nSPS) is 10.4. The molecule has 4 nitrogen and oxygen atoms in total. The standard InChI is InChI=1S/C16H17N3OS/c1-11(2)9-15(20)18-13-5-3-12(4-6-13)14-10-21-16(19-14)7-8-17/h3-6,10-11H,7,9H2,1-2H3,(H,18,20). The summed E-state index contributed by atoms with van der Waals surface area (Å²) in [5, 5.41) is 14.3. The van der Waals surface area contributed by atoms with Crippen LogP contribution in [0, 0.1) is 17.2 Å². The van der Waals surface area contributed by atoms with Crippen LogP contribution in [0.1, 0.15) is 25.3 Å². The number of nitriles is 1. The lowest BCUT2D eigenvalue weighted by Crippen LogP contribution is -2.13. The zero-order chi connectivity index (χ0) is 15.2. The molecule has 0 aliphatic carbocycles. The van der Waals surface area contributed by atoms with E-state index in [0.29, 0.717) is 18.8 Å². The van der Waals surface area contributed by atoms with Crippen molar-refractivity contribution in [1.29, 1.82) is 5.26 Å². The molecule has 0 saturated heterocycles. The summed E-state index contributed by atoms with van der Waals surface area (Å²) >= 11 is 1.49. The molecule has 1 amide bonds. The van der Waals surface area contributed by atoms with Gasteiger partial charge in [-0.2, -0.15) is 5.26 Å². The Bertz CT molecular complexity index is 653. The second-order valence-electron chi connectivity index (χ2n) is 5.18. The maximum atomic E-state index is 11.7. The van der Waals surface area contributed by atoms with Gasteiger partial charge in [-0.05, 0) is 18.1 Å². The fourth-order valence-electron chi connectivity index (χ4n) is 1.90. The third-order valence-corrected chi connectivity index (χ3v) is 3.69. The van der Waals surface area contributed by atoms with E-state index in [4.69, 9.17) is 5.26 Å². The summed E-state index contributed by atoms with van der Waals surface area (Å²) in [6.45, 7) is 4.04. The highest BCUT2D eigenvalue weighted by Crippen LogP contribution is 2.23. The van der Waals surface area contributed by atoms with Gasteiger partial charge in [0.05, 0.1) is 18.2 Å². The number of aromatic nitrogens is 1. The minimum absolute atomic E-state index is 0.0303. The van der Waals surface area contributed by atoms with E-state index in [-0.39, 0.29) is 5.91 Å². The van der Waals surface area contributed by atoms with Crippen molar-refractivity contribution in [3.63, 3.8) is 0 Å². The van der Waals surface area contributed by atoms with Gasteiger partial charge in [-0.15, -0.1) is 11.3 Å². The largest absolute Gasteiger partial charge is 0.326 e. The minimum atomic E-state index is 0.0303. The molecule has 1 N–H and O–H groups in total. The quantitative estimate of drug-likeness (QED) is 0.911. The molecular formula is C16H17N3OS. The number of nitrogens with one attached hydrogen (secondary N) is 1. The van der Waals surface area contributed by atoms with Crippen molar-refractivity contribution in [2.75, 3.05) is 5.32 Å². The Hall–Kier alpha value is -2.19. The smallest absolute Gasteiger partial charge is 0.224 e. The molecule has 1 aromatic heterocycles. The molecule has 5 heteroatoms. The topological polar surface area (TPSA) is 65.8 Å². The molecule has 0 bridgehead atoms. The number of carbonyl (C=O) groups excluding carboxylic acids is 1. The Kier molecular flexibility index (Phi) is 5.07. The first-order valence-corrected chi connectivity index (χ1v) is 7.68. The highest BCUT2D eigenvalue weighted by Gasteiger charge is 2.07. The maximum absolute atomic E-state index is 11.7. The molecule has 0 unspecified atom stereocenters. The number of carbonyl (C=O) groups is 1. The van der Waals surface area contributed by atoms with Gasteiger partial charge in [-0.3, -0.25) is 4.79 Å². The predicted molar refractivity (Wildman–Crippen MR) is 85.0 cm³/mol. The molecule has 0 atom stereocenters. The number of hydrogen-bond donors (Lipinski definition) is 1. The summed E-state index contributed by atoms with van der Waals surface area (Å²) in [6.07, 6.45) is 0.860. The lowest BCUT2D eigenvalue weighted by atomic mass is 10.1. The zero-order valence-electron chi connectivity index (χ0n) is 12.1. The van der Waals surface area contributed by atoms with Gasteiger partial charge in [0.2, 0.25) is 5.91 Å². The monoisotopic (exact) mass is 299 g/mol. The van der Waals surface area contributed by atoms with Crippen LogP contribution < -0.4 is 5.32 Å². The number of benzene rings is 1. The van der Waals surface area contributed by atoms with Gasteiger partial charge in [0.15, 0.2) is 0 Å². The van der Waals surface area contributed by atoms with Crippen LogP contribution >= 0.6 is 11.3 Å². The summed E-state index contributed by atoms with van der Waals surface area (Å²) in [4.78, 5) is 16.1. The molecule has 108 valence electrons. The molecule has 0 aliphatic heterocycles. The lowest BCUT2D eigenvalue weighted by Gasteiger charge is -2.07. The number of nitrogens with zero attached hydrogens (tertiary/aromatic N) is 2. The van der Waals surface area contributed by atoms with Crippen LogP contribution in [0.4, 0.5) is 5.69 Å². The van der Waals surface area contributed by atoms with Gasteiger partial charge < -0.3 is 5.32 Å². The van der Waals surface area contributed by atoms with Crippen molar-refractivity contribution in [3.05, 3.63) is 34.7 Å². The van der Waals surface area contributed by atoms with Crippen LogP contribution in [-0.2, 0) is 11.2 Å². The van der Waals surface area contributed by atoms with E-state index < -0.39 is 0 Å². The Morgan fingerprint density at radius 3 is 2.71 bits per heavy atom. The van der Waals surface area contributed by atoms with E-state index in [9.17, 15) is 4.79 Å². The van der Waals surface area contributed by atoms with Crippen molar-refractivity contribution < 1.29 is 4.79 Å². The van der Waals surface area contributed by atoms with Crippen molar-refractivity contribution in [3.8, 4) is 17.3 Å². The Balaban J connectivity index is 2.04. The minimum Gasteiger partial charge on any atom is -0.326 e. The maximum Gasteiger partial charge on any atom is 0.224 e. The third kappa shape index (κ3) is 4.40. The van der Waals surface area contributed by atoms with Gasteiger partial charge in [0.1, 0.15) is 5.01 Å². The van der Waals surface area contributed by atoms with Crippen LogP contribution in [0.15, 0.2) is 29.6 Å².